The summed E-state index contributed by atoms with van der Waals surface area (Å²) in [7, 11) is 2.04. The number of rotatable bonds is 1. The van der Waals surface area contributed by atoms with Crippen molar-refractivity contribution in [3.63, 3.8) is 0 Å². The van der Waals surface area contributed by atoms with Crippen molar-refractivity contribution >= 4 is 27.7 Å². The fourth-order valence-electron chi connectivity index (χ4n) is 3.06. The van der Waals surface area contributed by atoms with Crippen LogP contribution in [0.25, 0.3) is 21.8 Å². The van der Waals surface area contributed by atoms with Gasteiger partial charge in [-0.25, -0.2) is 0 Å². The van der Waals surface area contributed by atoms with E-state index in [2.05, 4.69) is 4.57 Å². The lowest BCUT2D eigenvalue weighted by atomic mass is 10.0. The van der Waals surface area contributed by atoms with Crippen LogP contribution < -0.4 is 4.57 Å². The largest absolute Gasteiger partial charge is 0.291 e. The fourth-order valence-corrected chi connectivity index (χ4v) is 3.06. The maximum atomic E-state index is 13.0. The van der Waals surface area contributed by atoms with Gasteiger partial charge in [0.25, 0.3) is 5.91 Å². The Balaban J connectivity index is 2.19. The van der Waals surface area contributed by atoms with Gasteiger partial charge in [-0.1, -0.05) is 24.3 Å². The van der Waals surface area contributed by atoms with E-state index in [1.165, 1.54) is 0 Å². The Morgan fingerprint density at radius 1 is 0.818 bits per heavy atom. The van der Waals surface area contributed by atoms with Crippen LogP contribution in [0.3, 0.4) is 0 Å². The van der Waals surface area contributed by atoms with Gasteiger partial charge < -0.3 is 0 Å². The second-order valence-corrected chi connectivity index (χ2v) is 5.36. The second-order valence-electron chi connectivity index (χ2n) is 5.36. The summed E-state index contributed by atoms with van der Waals surface area (Å²) < 4.78 is 3.77. The van der Waals surface area contributed by atoms with Gasteiger partial charge in [0.2, 0.25) is 11.0 Å². The van der Waals surface area contributed by atoms with Crippen molar-refractivity contribution < 1.29 is 9.36 Å². The normalized spacial score (nSPS) is 11.1. The SMILES string of the molecule is C[n+]1c2ccccc2c(C(=O)n2cccc2)c2ccccc21. The van der Waals surface area contributed by atoms with Gasteiger partial charge in [0, 0.05) is 24.5 Å². The van der Waals surface area contributed by atoms with Gasteiger partial charge in [-0.2, -0.15) is 4.57 Å². The molecule has 2 aromatic carbocycles. The molecule has 0 radical (unpaired) electrons. The number of benzene rings is 2. The van der Waals surface area contributed by atoms with Crippen LogP contribution in [0.4, 0.5) is 0 Å². The molecule has 0 amide bonds. The highest BCUT2D eigenvalue weighted by molar-refractivity contribution is 6.15. The van der Waals surface area contributed by atoms with Gasteiger partial charge in [-0.15, -0.1) is 0 Å². The minimum atomic E-state index is -0.00185. The van der Waals surface area contributed by atoms with Gasteiger partial charge in [-0.05, 0) is 24.3 Å². The lowest BCUT2D eigenvalue weighted by Gasteiger charge is -2.09. The molecule has 0 spiro atoms. The van der Waals surface area contributed by atoms with E-state index in [0.717, 1.165) is 27.4 Å². The molecule has 0 bridgehead atoms. The number of carbonyl (C=O) groups excluding carboxylic acids is 1. The molecular formula is C19H15N2O+. The zero-order valence-electron chi connectivity index (χ0n) is 12.2. The number of pyridine rings is 1. The summed E-state index contributed by atoms with van der Waals surface area (Å²) in [6, 6.07) is 19.8. The third-order valence-corrected chi connectivity index (χ3v) is 4.12. The lowest BCUT2D eigenvalue weighted by Crippen LogP contribution is -2.31. The first-order valence-corrected chi connectivity index (χ1v) is 7.24. The minimum Gasteiger partial charge on any atom is -0.291 e. The van der Waals surface area contributed by atoms with Crippen LogP contribution in [-0.4, -0.2) is 10.5 Å². The van der Waals surface area contributed by atoms with Crippen LogP contribution in [-0.2, 0) is 7.05 Å². The van der Waals surface area contributed by atoms with Crippen molar-refractivity contribution in [3.05, 3.63) is 78.6 Å². The molecule has 3 nitrogen and oxygen atoms in total. The van der Waals surface area contributed by atoms with E-state index in [9.17, 15) is 4.79 Å². The molecule has 0 fully saturated rings. The van der Waals surface area contributed by atoms with E-state index in [0.29, 0.717) is 0 Å². The molecule has 0 aliphatic rings. The molecular weight excluding hydrogens is 272 g/mol. The zero-order valence-corrected chi connectivity index (χ0v) is 12.2. The Labute approximate surface area is 128 Å². The number of hydrogen-bond donors (Lipinski definition) is 0. The summed E-state index contributed by atoms with van der Waals surface area (Å²) in [5.74, 6) is -0.00185. The summed E-state index contributed by atoms with van der Waals surface area (Å²) in [5, 5.41) is 1.95. The van der Waals surface area contributed by atoms with Crippen LogP contribution in [0, 0.1) is 0 Å². The Bertz CT molecular complexity index is 944. The molecule has 0 aliphatic heterocycles. The van der Waals surface area contributed by atoms with Crippen LogP contribution in [0.5, 0.6) is 0 Å². The average molecular weight is 287 g/mol. The van der Waals surface area contributed by atoms with Gasteiger partial charge in [-0.3, -0.25) is 9.36 Å². The molecule has 2 heterocycles. The highest BCUT2D eigenvalue weighted by Crippen LogP contribution is 2.25. The van der Waals surface area contributed by atoms with Crippen molar-refractivity contribution in [2.24, 2.45) is 7.05 Å². The van der Waals surface area contributed by atoms with Crippen molar-refractivity contribution in [1.82, 2.24) is 4.57 Å². The van der Waals surface area contributed by atoms with E-state index < -0.39 is 0 Å². The lowest BCUT2D eigenvalue weighted by molar-refractivity contribution is -0.617. The summed E-state index contributed by atoms with van der Waals surface area (Å²) in [4.78, 5) is 13.0. The second kappa shape index (κ2) is 4.81. The molecule has 22 heavy (non-hydrogen) atoms. The first-order valence-electron chi connectivity index (χ1n) is 7.24. The molecule has 4 rings (SSSR count). The standard InChI is InChI=1S/C19H15N2O/c1-20-16-10-4-2-8-14(16)18(15-9-3-5-11-17(15)20)19(22)21-12-6-7-13-21/h2-13H,1H3/q+1. The highest BCUT2D eigenvalue weighted by Gasteiger charge is 2.22. The maximum absolute atomic E-state index is 13.0. The third kappa shape index (κ3) is 1.76. The maximum Gasteiger partial charge on any atom is 0.263 e. The van der Waals surface area contributed by atoms with Gasteiger partial charge >= 0.3 is 0 Å². The number of aromatic nitrogens is 2. The Kier molecular flexibility index (Phi) is 2.79. The van der Waals surface area contributed by atoms with E-state index in [1.54, 1.807) is 17.0 Å². The quantitative estimate of drug-likeness (QED) is 0.389. The Hall–Kier alpha value is -2.94. The van der Waals surface area contributed by atoms with Crippen molar-refractivity contribution in [2.45, 2.75) is 0 Å². The fraction of sp³-hybridized carbons (Fsp3) is 0.0526. The molecule has 2 aromatic heterocycles. The third-order valence-electron chi connectivity index (χ3n) is 4.12. The van der Waals surface area contributed by atoms with E-state index in [4.69, 9.17) is 0 Å². The summed E-state index contributed by atoms with van der Waals surface area (Å²) in [6.45, 7) is 0. The predicted octanol–water partition coefficient (Wildman–Crippen LogP) is 3.31. The number of hydrogen-bond acceptors (Lipinski definition) is 1. The van der Waals surface area contributed by atoms with Crippen LogP contribution in [0.1, 0.15) is 10.4 Å². The topological polar surface area (TPSA) is 25.9 Å². The van der Waals surface area contributed by atoms with E-state index in [1.807, 2.05) is 67.7 Å². The van der Waals surface area contributed by atoms with Crippen LogP contribution >= 0.6 is 0 Å². The van der Waals surface area contributed by atoms with Crippen molar-refractivity contribution in [2.75, 3.05) is 0 Å². The van der Waals surface area contributed by atoms with Gasteiger partial charge in [0.1, 0.15) is 7.05 Å². The Morgan fingerprint density at radius 3 is 1.86 bits per heavy atom. The monoisotopic (exact) mass is 287 g/mol. The van der Waals surface area contributed by atoms with Crippen molar-refractivity contribution in [3.8, 4) is 0 Å². The molecule has 0 saturated carbocycles. The molecule has 0 atom stereocenters. The van der Waals surface area contributed by atoms with Gasteiger partial charge in [0.15, 0.2) is 0 Å². The molecule has 0 saturated heterocycles. The number of nitrogens with zero attached hydrogens (tertiary/aromatic N) is 2. The van der Waals surface area contributed by atoms with Gasteiger partial charge in [0.05, 0.1) is 16.3 Å². The molecule has 0 N–H and O–H groups in total. The molecule has 0 unspecified atom stereocenters. The highest BCUT2D eigenvalue weighted by atomic mass is 16.2. The number of para-hydroxylation sites is 2. The number of fused-ring (bicyclic) bond motifs is 2. The minimum absolute atomic E-state index is 0.00185. The van der Waals surface area contributed by atoms with Crippen LogP contribution in [0.2, 0.25) is 0 Å². The van der Waals surface area contributed by atoms with Crippen LogP contribution in [0.15, 0.2) is 73.1 Å². The first kappa shape index (κ1) is 12.8. The van der Waals surface area contributed by atoms with Crippen molar-refractivity contribution in [1.29, 1.82) is 0 Å². The van der Waals surface area contributed by atoms with E-state index >= 15 is 0 Å². The average Bonchev–Trinajstić information content (AvgIpc) is 3.10. The smallest absolute Gasteiger partial charge is 0.263 e. The Morgan fingerprint density at radius 2 is 1.32 bits per heavy atom. The molecule has 4 aromatic rings. The first-order chi connectivity index (χ1) is 10.8. The molecule has 0 aliphatic carbocycles. The summed E-state index contributed by atoms with van der Waals surface area (Å²) in [6.07, 6.45) is 3.58. The molecule has 106 valence electrons. The number of carbonyl (C=O) groups is 1. The van der Waals surface area contributed by atoms with E-state index in [-0.39, 0.29) is 5.91 Å². The summed E-state index contributed by atoms with van der Waals surface area (Å²) >= 11 is 0. The zero-order chi connectivity index (χ0) is 15.1. The number of aryl methyl sites for hydroxylation is 1. The summed E-state index contributed by atoms with van der Waals surface area (Å²) in [5.41, 5.74) is 2.86. The molecule has 3 heteroatoms. The predicted molar refractivity (Wildman–Crippen MR) is 86.8 cm³/mol.